The van der Waals surface area contributed by atoms with Gasteiger partial charge in [-0.05, 0) is 43.2 Å². The first-order valence-electron chi connectivity index (χ1n) is 10.3. The van der Waals surface area contributed by atoms with Crippen LogP contribution in [0.2, 0.25) is 0 Å². The summed E-state index contributed by atoms with van der Waals surface area (Å²) < 4.78 is 38.4. The van der Waals surface area contributed by atoms with E-state index in [-0.39, 0.29) is 30.3 Å². The maximum Gasteiger partial charge on any atom is 0.243 e. The minimum atomic E-state index is -3.83. The zero-order valence-corrected chi connectivity index (χ0v) is 18.9. The van der Waals surface area contributed by atoms with E-state index >= 15 is 0 Å². The van der Waals surface area contributed by atoms with Crippen molar-refractivity contribution in [2.75, 3.05) is 31.6 Å². The van der Waals surface area contributed by atoms with Gasteiger partial charge in [0, 0.05) is 31.1 Å². The molecule has 9 nitrogen and oxygen atoms in total. The number of anilines is 1. The normalized spacial score (nSPS) is 13.2. The van der Waals surface area contributed by atoms with Crippen molar-refractivity contribution in [2.45, 2.75) is 31.6 Å². The molecule has 3 rings (SSSR count). The molecular weight excluding hydrogens is 434 g/mol. The van der Waals surface area contributed by atoms with E-state index in [9.17, 15) is 18.0 Å². The highest BCUT2D eigenvalue weighted by Crippen LogP contribution is 2.31. The lowest BCUT2D eigenvalue weighted by Gasteiger charge is -2.12. The number of amides is 2. The molecule has 2 amide bonds. The first-order valence-corrected chi connectivity index (χ1v) is 11.8. The summed E-state index contributed by atoms with van der Waals surface area (Å²) in [5.41, 5.74) is 2.69. The van der Waals surface area contributed by atoms with E-state index in [4.69, 9.17) is 9.47 Å². The van der Waals surface area contributed by atoms with Crippen LogP contribution in [-0.4, -0.2) is 46.5 Å². The molecule has 0 fully saturated rings. The molecular formula is C22H27N3O6S. The molecule has 0 saturated heterocycles. The third-order valence-corrected chi connectivity index (χ3v) is 6.46. The summed E-state index contributed by atoms with van der Waals surface area (Å²) in [6.07, 6.45) is 0.604. The highest BCUT2D eigenvalue weighted by atomic mass is 32.2. The van der Waals surface area contributed by atoms with Gasteiger partial charge in [-0.2, -0.15) is 0 Å². The Bertz CT molecular complexity index is 1100. The number of rotatable bonds is 8. The van der Waals surface area contributed by atoms with Gasteiger partial charge in [0.15, 0.2) is 11.5 Å². The number of carbonyl (C=O) groups excluding carboxylic acids is 2. The van der Waals surface area contributed by atoms with Gasteiger partial charge in [0.1, 0.15) is 0 Å². The first kappa shape index (κ1) is 23.6. The van der Waals surface area contributed by atoms with Crippen LogP contribution in [0.3, 0.4) is 0 Å². The molecule has 0 aliphatic carbocycles. The van der Waals surface area contributed by atoms with E-state index in [0.29, 0.717) is 36.8 Å². The quantitative estimate of drug-likeness (QED) is 0.552. The van der Waals surface area contributed by atoms with E-state index in [1.807, 2.05) is 26.0 Å². The largest absolute Gasteiger partial charge is 0.490 e. The highest BCUT2D eigenvalue weighted by Gasteiger charge is 2.19. The molecule has 1 heterocycles. The van der Waals surface area contributed by atoms with Crippen molar-refractivity contribution in [3.63, 3.8) is 0 Å². The molecule has 10 heteroatoms. The standard InChI is InChI=1S/C22H27N3O6S/c1-15-5-3-6-18(16(15)2)25-22(27)14-23-21(26)9-10-24-32(28,29)17-7-8-19-20(13-17)31-12-4-11-30-19/h3,5-8,13,24H,4,9-12,14H2,1-2H3,(H,23,26)(H,25,27). The van der Waals surface area contributed by atoms with E-state index in [2.05, 4.69) is 15.4 Å². The number of hydrogen-bond acceptors (Lipinski definition) is 6. The summed E-state index contributed by atoms with van der Waals surface area (Å²) in [6.45, 7) is 4.48. The lowest BCUT2D eigenvalue weighted by Crippen LogP contribution is -2.35. The summed E-state index contributed by atoms with van der Waals surface area (Å²) in [5, 5.41) is 5.24. The summed E-state index contributed by atoms with van der Waals surface area (Å²) in [4.78, 5) is 24.1. The van der Waals surface area contributed by atoms with E-state index in [0.717, 1.165) is 11.1 Å². The molecule has 0 aromatic heterocycles. The molecule has 0 atom stereocenters. The summed E-state index contributed by atoms with van der Waals surface area (Å²) in [7, 11) is -3.83. The third-order valence-electron chi connectivity index (χ3n) is 5.00. The Morgan fingerprint density at radius 2 is 1.75 bits per heavy atom. The zero-order valence-electron chi connectivity index (χ0n) is 18.1. The van der Waals surface area contributed by atoms with Crippen molar-refractivity contribution >= 4 is 27.5 Å². The topological polar surface area (TPSA) is 123 Å². The molecule has 2 aromatic rings. The lowest BCUT2D eigenvalue weighted by atomic mass is 10.1. The fraction of sp³-hybridized carbons (Fsp3) is 0.364. The van der Waals surface area contributed by atoms with Crippen LogP contribution in [0.15, 0.2) is 41.3 Å². The fourth-order valence-electron chi connectivity index (χ4n) is 3.04. The van der Waals surface area contributed by atoms with Gasteiger partial charge in [0.25, 0.3) is 0 Å². The maximum absolute atomic E-state index is 12.5. The van der Waals surface area contributed by atoms with E-state index < -0.39 is 15.9 Å². The van der Waals surface area contributed by atoms with Crippen LogP contribution in [-0.2, 0) is 19.6 Å². The summed E-state index contributed by atoms with van der Waals surface area (Å²) in [6, 6.07) is 9.95. The number of sulfonamides is 1. The maximum atomic E-state index is 12.5. The van der Waals surface area contributed by atoms with Crippen LogP contribution in [0.1, 0.15) is 24.0 Å². The molecule has 0 saturated carbocycles. The van der Waals surface area contributed by atoms with Crippen molar-refractivity contribution in [1.82, 2.24) is 10.0 Å². The lowest BCUT2D eigenvalue weighted by molar-refractivity contribution is -0.124. The second-order valence-corrected chi connectivity index (χ2v) is 9.15. The summed E-state index contributed by atoms with van der Waals surface area (Å²) in [5.74, 6) is 0.0697. The van der Waals surface area contributed by atoms with Gasteiger partial charge in [-0.15, -0.1) is 0 Å². The van der Waals surface area contributed by atoms with Gasteiger partial charge in [-0.1, -0.05) is 12.1 Å². The smallest absolute Gasteiger partial charge is 0.243 e. The third kappa shape index (κ3) is 6.21. The fourth-order valence-corrected chi connectivity index (χ4v) is 4.09. The van der Waals surface area contributed by atoms with Crippen LogP contribution in [0.4, 0.5) is 5.69 Å². The minimum Gasteiger partial charge on any atom is -0.490 e. The highest BCUT2D eigenvalue weighted by molar-refractivity contribution is 7.89. The van der Waals surface area contributed by atoms with Gasteiger partial charge in [-0.3, -0.25) is 9.59 Å². The van der Waals surface area contributed by atoms with Gasteiger partial charge < -0.3 is 20.1 Å². The van der Waals surface area contributed by atoms with Crippen LogP contribution >= 0.6 is 0 Å². The molecule has 1 aliphatic rings. The van der Waals surface area contributed by atoms with E-state index in [1.165, 1.54) is 12.1 Å². The van der Waals surface area contributed by atoms with Gasteiger partial charge in [0.2, 0.25) is 21.8 Å². The molecule has 0 unspecified atom stereocenters. The minimum absolute atomic E-state index is 0.0232. The number of aryl methyl sites for hydroxylation is 1. The van der Waals surface area contributed by atoms with E-state index in [1.54, 1.807) is 12.1 Å². The van der Waals surface area contributed by atoms with Crippen molar-refractivity contribution in [3.05, 3.63) is 47.5 Å². The predicted molar refractivity (Wildman–Crippen MR) is 119 cm³/mol. The molecule has 0 spiro atoms. The van der Waals surface area contributed by atoms with Crippen LogP contribution in [0, 0.1) is 13.8 Å². The Morgan fingerprint density at radius 3 is 2.53 bits per heavy atom. The Hall–Kier alpha value is -3.11. The van der Waals surface area contributed by atoms with Crippen molar-refractivity contribution in [3.8, 4) is 11.5 Å². The Kier molecular flexibility index (Phi) is 7.70. The summed E-state index contributed by atoms with van der Waals surface area (Å²) >= 11 is 0. The molecule has 3 N–H and O–H groups in total. The van der Waals surface area contributed by atoms with Gasteiger partial charge in [-0.25, -0.2) is 13.1 Å². The average molecular weight is 462 g/mol. The molecule has 0 bridgehead atoms. The van der Waals surface area contributed by atoms with Crippen molar-refractivity contribution < 1.29 is 27.5 Å². The average Bonchev–Trinajstić information content (AvgIpc) is 3.00. The Balaban J connectivity index is 1.45. The number of ether oxygens (including phenoxy) is 2. The second kappa shape index (κ2) is 10.5. The zero-order chi connectivity index (χ0) is 23.1. The second-order valence-electron chi connectivity index (χ2n) is 7.38. The van der Waals surface area contributed by atoms with Crippen molar-refractivity contribution in [1.29, 1.82) is 0 Å². The molecule has 2 aromatic carbocycles. The molecule has 32 heavy (non-hydrogen) atoms. The van der Waals surface area contributed by atoms with Crippen LogP contribution < -0.4 is 24.8 Å². The molecule has 1 aliphatic heterocycles. The Morgan fingerprint density at radius 1 is 1.00 bits per heavy atom. The number of nitrogens with one attached hydrogen (secondary N) is 3. The van der Waals surface area contributed by atoms with Gasteiger partial charge >= 0.3 is 0 Å². The number of hydrogen-bond donors (Lipinski definition) is 3. The molecule has 172 valence electrons. The van der Waals surface area contributed by atoms with Crippen LogP contribution in [0.5, 0.6) is 11.5 Å². The monoisotopic (exact) mass is 461 g/mol. The first-order chi connectivity index (χ1) is 15.3. The Labute approximate surface area is 187 Å². The SMILES string of the molecule is Cc1cccc(NC(=O)CNC(=O)CCNS(=O)(=O)c2ccc3c(c2)OCCCO3)c1C. The number of carbonyl (C=O) groups is 2. The molecule has 0 radical (unpaired) electrons. The van der Waals surface area contributed by atoms with Gasteiger partial charge in [0.05, 0.1) is 24.7 Å². The number of fused-ring (bicyclic) bond motifs is 1. The van der Waals surface area contributed by atoms with Crippen molar-refractivity contribution in [2.24, 2.45) is 0 Å². The predicted octanol–water partition coefficient (Wildman–Crippen LogP) is 1.89. The number of benzene rings is 2. The van der Waals surface area contributed by atoms with Crippen LogP contribution in [0.25, 0.3) is 0 Å².